The molecule has 3 rings (SSSR count). The fraction of sp³-hybridized carbons (Fsp3) is 0.125. The van der Waals surface area contributed by atoms with Crippen LogP contribution in [0.2, 0.25) is 0 Å². The zero-order valence-corrected chi connectivity index (χ0v) is 11.8. The highest BCUT2D eigenvalue weighted by Crippen LogP contribution is 2.21. The van der Waals surface area contributed by atoms with Crippen molar-refractivity contribution in [1.29, 1.82) is 0 Å². The number of fused-ring (bicyclic) bond motifs is 1. The number of nitrogens with zero attached hydrogens (tertiary/aromatic N) is 2. The summed E-state index contributed by atoms with van der Waals surface area (Å²) in [7, 11) is 3.33. The molecule has 0 fully saturated rings. The predicted octanol–water partition coefficient (Wildman–Crippen LogP) is 3.10. The highest BCUT2D eigenvalue weighted by Gasteiger charge is 2.08. The van der Waals surface area contributed by atoms with Crippen LogP contribution in [0.25, 0.3) is 11.0 Å². The summed E-state index contributed by atoms with van der Waals surface area (Å²) in [5, 5.41) is 3.25. The molecule has 0 saturated carbocycles. The van der Waals surface area contributed by atoms with Gasteiger partial charge in [0.25, 0.3) is 0 Å². The number of hydrogen-bond acceptors (Lipinski definition) is 4. The van der Waals surface area contributed by atoms with E-state index in [1.54, 1.807) is 12.1 Å². The molecule has 0 bridgehead atoms. The van der Waals surface area contributed by atoms with Gasteiger partial charge in [0.15, 0.2) is 0 Å². The number of para-hydroxylation sites is 2. The second-order valence-corrected chi connectivity index (χ2v) is 4.68. The Kier molecular flexibility index (Phi) is 3.31. The molecule has 2 aromatic carbocycles. The van der Waals surface area contributed by atoms with Gasteiger partial charge in [-0.3, -0.25) is 0 Å². The van der Waals surface area contributed by atoms with Crippen LogP contribution in [0.1, 0.15) is 10.4 Å². The van der Waals surface area contributed by atoms with Crippen LogP contribution in [0, 0.1) is 0 Å². The van der Waals surface area contributed by atoms with Gasteiger partial charge in [0, 0.05) is 12.7 Å². The molecule has 0 atom stereocenters. The third-order valence-electron chi connectivity index (χ3n) is 3.35. The fourth-order valence-corrected chi connectivity index (χ4v) is 2.19. The Bertz CT molecular complexity index is 791. The van der Waals surface area contributed by atoms with Gasteiger partial charge in [-0.05, 0) is 36.4 Å². The van der Waals surface area contributed by atoms with Gasteiger partial charge < -0.3 is 14.6 Å². The zero-order chi connectivity index (χ0) is 14.8. The number of ether oxygens (including phenoxy) is 1. The Morgan fingerprint density at radius 1 is 1.14 bits per heavy atom. The van der Waals surface area contributed by atoms with E-state index in [0.717, 1.165) is 22.7 Å². The maximum Gasteiger partial charge on any atom is 0.337 e. The fourth-order valence-electron chi connectivity index (χ4n) is 2.19. The van der Waals surface area contributed by atoms with Crippen molar-refractivity contribution in [3.63, 3.8) is 0 Å². The summed E-state index contributed by atoms with van der Waals surface area (Å²) in [6.07, 6.45) is 0. The van der Waals surface area contributed by atoms with Crippen molar-refractivity contribution >= 4 is 28.6 Å². The van der Waals surface area contributed by atoms with Crippen LogP contribution in [0.15, 0.2) is 48.5 Å². The molecule has 3 aromatic rings. The number of aromatic nitrogens is 2. The number of nitrogens with one attached hydrogen (secondary N) is 1. The first-order valence-corrected chi connectivity index (χ1v) is 6.56. The second-order valence-electron chi connectivity index (χ2n) is 4.68. The normalized spacial score (nSPS) is 10.6. The third kappa shape index (κ3) is 2.45. The van der Waals surface area contributed by atoms with Crippen LogP contribution in [0.4, 0.5) is 11.6 Å². The Morgan fingerprint density at radius 2 is 1.86 bits per heavy atom. The first-order chi connectivity index (χ1) is 10.2. The molecule has 21 heavy (non-hydrogen) atoms. The van der Waals surface area contributed by atoms with Gasteiger partial charge in [-0.25, -0.2) is 9.78 Å². The van der Waals surface area contributed by atoms with Crippen LogP contribution in [0.3, 0.4) is 0 Å². The predicted molar refractivity (Wildman–Crippen MR) is 81.8 cm³/mol. The summed E-state index contributed by atoms with van der Waals surface area (Å²) in [5.41, 5.74) is 3.38. The lowest BCUT2D eigenvalue weighted by molar-refractivity contribution is 0.0601. The van der Waals surface area contributed by atoms with Crippen molar-refractivity contribution in [1.82, 2.24) is 9.55 Å². The number of imidazole rings is 1. The molecule has 0 amide bonds. The van der Waals surface area contributed by atoms with Gasteiger partial charge in [-0.1, -0.05) is 12.1 Å². The molecule has 1 aromatic heterocycles. The number of rotatable bonds is 3. The lowest BCUT2D eigenvalue weighted by Crippen LogP contribution is -2.02. The number of methoxy groups -OCH3 is 1. The Balaban J connectivity index is 1.88. The number of esters is 1. The van der Waals surface area contributed by atoms with Crippen molar-refractivity contribution in [2.45, 2.75) is 0 Å². The smallest absolute Gasteiger partial charge is 0.337 e. The second kappa shape index (κ2) is 5.28. The Labute approximate surface area is 122 Å². The summed E-state index contributed by atoms with van der Waals surface area (Å²) < 4.78 is 6.67. The van der Waals surface area contributed by atoms with Crippen LogP contribution in [-0.2, 0) is 11.8 Å². The molecule has 0 saturated heterocycles. The van der Waals surface area contributed by atoms with E-state index < -0.39 is 0 Å². The maximum atomic E-state index is 11.4. The van der Waals surface area contributed by atoms with Gasteiger partial charge in [-0.2, -0.15) is 0 Å². The Hall–Kier alpha value is -2.82. The largest absolute Gasteiger partial charge is 0.465 e. The standard InChI is InChI=1S/C16H15N3O2/c1-19-14-6-4-3-5-13(14)18-16(19)17-12-9-7-11(8-10-12)15(20)21-2/h3-10H,1-2H3,(H,17,18). The molecular weight excluding hydrogens is 266 g/mol. The minimum Gasteiger partial charge on any atom is -0.465 e. The molecule has 0 spiro atoms. The summed E-state index contributed by atoms with van der Waals surface area (Å²) in [6.45, 7) is 0. The summed E-state index contributed by atoms with van der Waals surface area (Å²) in [5.74, 6) is 0.409. The molecule has 0 unspecified atom stereocenters. The number of anilines is 2. The molecular formula is C16H15N3O2. The van der Waals surface area contributed by atoms with Gasteiger partial charge in [-0.15, -0.1) is 0 Å². The van der Waals surface area contributed by atoms with Crippen LogP contribution in [-0.4, -0.2) is 22.6 Å². The zero-order valence-electron chi connectivity index (χ0n) is 11.8. The van der Waals surface area contributed by atoms with E-state index in [4.69, 9.17) is 0 Å². The van der Waals surface area contributed by atoms with E-state index in [9.17, 15) is 4.79 Å². The highest BCUT2D eigenvalue weighted by molar-refractivity contribution is 5.89. The average molecular weight is 281 g/mol. The van der Waals surface area contributed by atoms with Crippen molar-refractivity contribution < 1.29 is 9.53 Å². The van der Waals surface area contributed by atoms with Crippen molar-refractivity contribution in [2.75, 3.05) is 12.4 Å². The third-order valence-corrected chi connectivity index (χ3v) is 3.35. The molecule has 0 aliphatic rings. The minimum atomic E-state index is -0.343. The van der Waals surface area contributed by atoms with Gasteiger partial charge in [0.05, 0.1) is 23.7 Å². The van der Waals surface area contributed by atoms with E-state index in [-0.39, 0.29) is 5.97 Å². The van der Waals surface area contributed by atoms with E-state index >= 15 is 0 Å². The summed E-state index contributed by atoms with van der Waals surface area (Å²) in [4.78, 5) is 15.9. The first-order valence-electron chi connectivity index (χ1n) is 6.56. The van der Waals surface area contributed by atoms with E-state index in [1.165, 1.54) is 7.11 Å². The van der Waals surface area contributed by atoms with Crippen molar-refractivity contribution in [3.8, 4) is 0 Å². The number of carbonyl (C=O) groups excluding carboxylic acids is 1. The highest BCUT2D eigenvalue weighted by atomic mass is 16.5. The Morgan fingerprint density at radius 3 is 2.52 bits per heavy atom. The molecule has 106 valence electrons. The lowest BCUT2D eigenvalue weighted by Gasteiger charge is -2.07. The molecule has 1 heterocycles. The molecule has 0 aliphatic carbocycles. The average Bonchev–Trinajstić information content (AvgIpc) is 2.84. The lowest BCUT2D eigenvalue weighted by atomic mass is 10.2. The van der Waals surface area contributed by atoms with Gasteiger partial charge >= 0.3 is 5.97 Å². The van der Waals surface area contributed by atoms with Crippen LogP contribution >= 0.6 is 0 Å². The quantitative estimate of drug-likeness (QED) is 0.749. The van der Waals surface area contributed by atoms with Crippen LogP contribution in [0.5, 0.6) is 0 Å². The van der Waals surface area contributed by atoms with E-state index in [0.29, 0.717) is 5.56 Å². The van der Waals surface area contributed by atoms with Crippen molar-refractivity contribution in [3.05, 3.63) is 54.1 Å². The molecule has 5 nitrogen and oxygen atoms in total. The van der Waals surface area contributed by atoms with Crippen LogP contribution < -0.4 is 5.32 Å². The topological polar surface area (TPSA) is 56.1 Å². The number of hydrogen-bond donors (Lipinski definition) is 1. The maximum absolute atomic E-state index is 11.4. The van der Waals surface area contributed by atoms with E-state index in [1.807, 2.05) is 48.0 Å². The summed E-state index contributed by atoms with van der Waals surface area (Å²) >= 11 is 0. The minimum absolute atomic E-state index is 0.343. The molecule has 0 aliphatic heterocycles. The SMILES string of the molecule is COC(=O)c1ccc(Nc2nc3ccccc3n2C)cc1. The van der Waals surface area contributed by atoms with Gasteiger partial charge in [0.1, 0.15) is 0 Å². The number of benzene rings is 2. The molecule has 5 heteroatoms. The number of aryl methyl sites for hydroxylation is 1. The first kappa shape index (κ1) is 13.2. The monoisotopic (exact) mass is 281 g/mol. The van der Waals surface area contributed by atoms with Gasteiger partial charge in [0.2, 0.25) is 5.95 Å². The molecule has 0 radical (unpaired) electrons. The summed E-state index contributed by atoms with van der Waals surface area (Å²) in [6, 6.07) is 15.0. The number of carbonyl (C=O) groups is 1. The van der Waals surface area contributed by atoms with Crippen molar-refractivity contribution in [2.24, 2.45) is 7.05 Å². The molecule has 1 N–H and O–H groups in total. The van der Waals surface area contributed by atoms with E-state index in [2.05, 4.69) is 15.0 Å².